The van der Waals surface area contributed by atoms with Crippen LogP contribution in [0, 0.1) is 6.92 Å². The molecule has 3 nitrogen and oxygen atoms in total. The Labute approximate surface area is 112 Å². The fourth-order valence-corrected chi connectivity index (χ4v) is 2.59. The Morgan fingerprint density at radius 3 is 2.94 bits per heavy atom. The summed E-state index contributed by atoms with van der Waals surface area (Å²) in [5, 5.41) is 4.35. The van der Waals surface area contributed by atoms with Crippen LogP contribution in [0.1, 0.15) is 17.4 Å². The van der Waals surface area contributed by atoms with Crippen LogP contribution in [0.3, 0.4) is 0 Å². The Hall–Kier alpha value is -1.39. The van der Waals surface area contributed by atoms with Crippen LogP contribution < -0.4 is 10.2 Å². The summed E-state index contributed by atoms with van der Waals surface area (Å²) < 4.78 is 0. The second kappa shape index (κ2) is 5.98. The van der Waals surface area contributed by atoms with Gasteiger partial charge in [-0.25, -0.2) is 4.98 Å². The van der Waals surface area contributed by atoms with Gasteiger partial charge in [-0.15, -0.1) is 11.3 Å². The summed E-state index contributed by atoms with van der Waals surface area (Å²) in [6, 6.07) is 8.47. The zero-order chi connectivity index (χ0) is 13.0. The van der Waals surface area contributed by atoms with Gasteiger partial charge in [0.25, 0.3) is 0 Å². The molecule has 4 heteroatoms. The molecule has 18 heavy (non-hydrogen) atoms. The summed E-state index contributed by atoms with van der Waals surface area (Å²) >= 11 is 1.73. The molecule has 0 saturated heterocycles. The summed E-state index contributed by atoms with van der Waals surface area (Å²) in [5.41, 5.74) is 2.45. The number of hydrogen-bond acceptors (Lipinski definition) is 4. The van der Waals surface area contributed by atoms with Crippen LogP contribution in [-0.4, -0.2) is 18.6 Å². The fourth-order valence-electron chi connectivity index (χ4n) is 1.73. The molecule has 2 aromatic rings. The van der Waals surface area contributed by atoms with E-state index in [4.69, 9.17) is 0 Å². The molecule has 2 rings (SSSR count). The first kappa shape index (κ1) is 13.1. The molecular formula is C14H19N3S. The predicted octanol–water partition coefficient (Wildman–Crippen LogP) is 3.33. The van der Waals surface area contributed by atoms with Gasteiger partial charge < -0.3 is 10.2 Å². The highest BCUT2D eigenvalue weighted by atomic mass is 32.1. The number of benzene rings is 1. The van der Waals surface area contributed by atoms with Crippen LogP contribution in [0.15, 0.2) is 30.5 Å². The van der Waals surface area contributed by atoms with E-state index in [2.05, 4.69) is 60.4 Å². The molecule has 1 N–H and O–H groups in total. The van der Waals surface area contributed by atoms with E-state index in [9.17, 15) is 0 Å². The van der Waals surface area contributed by atoms with E-state index in [1.165, 1.54) is 16.1 Å². The van der Waals surface area contributed by atoms with Crippen molar-refractivity contribution in [1.82, 2.24) is 10.3 Å². The van der Waals surface area contributed by atoms with Crippen molar-refractivity contribution in [3.05, 3.63) is 40.9 Å². The van der Waals surface area contributed by atoms with Crippen LogP contribution in [0.5, 0.6) is 0 Å². The highest BCUT2D eigenvalue weighted by Gasteiger charge is 2.08. The third-order valence-corrected chi connectivity index (χ3v) is 3.84. The van der Waals surface area contributed by atoms with Gasteiger partial charge in [-0.3, -0.25) is 0 Å². The zero-order valence-electron chi connectivity index (χ0n) is 11.1. The van der Waals surface area contributed by atoms with Gasteiger partial charge in [0.05, 0.1) is 0 Å². The molecule has 0 saturated carbocycles. The number of aryl methyl sites for hydroxylation is 1. The molecule has 96 valence electrons. The van der Waals surface area contributed by atoms with Gasteiger partial charge in [0, 0.05) is 30.4 Å². The van der Waals surface area contributed by atoms with Crippen LogP contribution in [0.4, 0.5) is 10.8 Å². The maximum absolute atomic E-state index is 4.48. The van der Waals surface area contributed by atoms with Crippen molar-refractivity contribution < 1.29 is 0 Å². The van der Waals surface area contributed by atoms with E-state index in [1.54, 1.807) is 11.3 Å². The molecule has 0 atom stereocenters. The summed E-state index contributed by atoms with van der Waals surface area (Å²) in [6.45, 7) is 6.10. The van der Waals surface area contributed by atoms with Crippen molar-refractivity contribution in [2.75, 3.05) is 18.5 Å². The third kappa shape index (κ3) is 3.09. The van der Waals surface area contributed by atoms with Gasteiger partial charge in [0.1, 0.15) is 0 Å². The second-order valence-corrected chi connectivity index (χ2v) is 5.38. The summed E-state index contributed by atoms with van der Waals surface area (Å²) in [7, 11) is 2.06. The number of hydrogen-bond donors (Lipinski definition) is 1. The second-order valence-electron chi connectivity index (χ2n) is 4.29. The van der Waals surface area contributed by atoms with Crippen molar-refractivity contribution >= 4 is 22.2 Å². The Morgan fingerprint density at radius 1 is 1.39 bits per heavy atom. The molecule has 1 aromatic heterocycles. The van der Waals surface area contributed by atoms with Gasteiger partial charge >= 0.3 is 0 Å². The summed E-state index contributed by atoms with van der Waals surface area (Å²) in [5.74, 6) is 0. The van der Waals surface area contributed by atoms with Crippen molar-refractivity contribution in [3.63, 3.8) is 0 Å². The lowest BCUT2D eigenvalue weighted by Gasteiger charge is -2.16. The zero-order valence-corrected chi connectivity index (χ0v) is 11.9. The molecule has 0 bridgehead atoms. The Bertz CT molecular complexity index is 507. The standard InChI is InChI=1S/C14H19N3S/c1-4-15-9-13-10-16-14(18-13)17(3)12-7-5-6-11(2)8-12/h5-8,10,15H,4,9H2,1-3H3. The van der Waals surface area contributed by atoms with E-state index >= 15 is 0 Å². The van der Waals surface area contributed by atoms with Crippen LogP contribution in [0.2, 0.25) is 0 Å². The number of anilines is 2. The molecule has 1 heterocycles. The quantitative estimate of drug-likeness (QED) is 0.895. The maximum atomic E-state index is 4.48. The molecule has 0 aliphatic heterocycles. The van der Waals surface area contributed by atoms with Gasteiger partial charge in [0.2, 0.25) is 0 Å². The topological polar surface area (TPSA) is 28.2 Å². The molecule has 0 amide bonds. The minimum Gasteiger partial charge on any atom is -0.321 e. The molecule has 0 unspecified atom stereocenters. The van der Waals surface area contributed by atoms with Crippen molar-refractivity contribution in [3.8, 4) is 0 Å². The predicted molar refractivity (Wildman–Crippen MR) is 78.7 cm³/mol. The van der Waals surface area contributed by atoms with E-state index in [-0.39, 0.29) is 0 Å². The van der Waals surface area contributed by atoms with E-state index in [0.717, 1.165) is 18.2 Å². The van der Waals surface area contributed by atoms with Gasteiger partial charge in [-0.2, -0.15) is 0 Å². The average Bonchev–Trinajstić information content (AvgIpc) is 2.84. The first-order chi connectivity index (χ1) is 8.70. The number of aromatic nitrogens is 1. The highest BCUT2D eigenvalue weighted by molar-refractivity contribution is 7.15. The van der Waals surface area contributed by atoms with Crippen LogP contribution in [-0.2, 0) is 6.54 Å². The normalized spacial score (nSPS) is 10.6. The summed E-state index contributed by atoms with van der Waals surface area (Å²) in [4.78, 5) is 7.88. The molecule has 0 aliphatic carbocycles. The lowest BCUT2D eigenvalue weighted by molar-refractivity contribution is 0.734. The molecule has 0 spiro atoms. The fraction of sp³-hybridized carbons (Fsp3) is 0.357. The average molecular weight is 261 g/mol. The molecule has 1 aromatic carbocycles. The molecule has 0 aliphatic rings. The smallest absolute Gasteiger partial charge is 0.189 e. The lowest BCUT2D eigenvalue weighted by Crippen LogP contribution is -2.10. The van der Waals surface area contributed by atoms with Gasteiger partial charge in [0.15, 0.2) is 5.13 Å². The lowest BCUT2D eigenvalue weighted by atomic mass is 10.2. The largest absolute Gasteiger partial charge is 0.321 e. The van der Waals surface area contributed by atoms with Crippen molar-refractivity contribution in [2.45, 2.75) is 20.4 Å². The summed E-state index contributed by atoms with van der Waals surface area (Å²) in [6.07, 6.45) is 1.95. The minimum absolute atomic E-state index is 0.899. The number of thiazole rings is 1. The Kier molecular flexibility index (Phi) is 4.33. The van der Waals surface area contributed by atoms with Gasteiger partial charge in [-0.05, 0) is 31.2 Å². The SMILES string of the molecule is CCNCc1cnc(N(C)c2cccc(C)c2)s1. The van der Waals surface area contributed by atoms with Crippen LogP contribution >= 0.6 is 11.3 Å². The minimum atomic E-state index is 0.899. The first-order valence-electron chi connectivity index (χ1n) is 6.16. The molecule has 0 fully saturated rings. The third-order valence-electron chi connectivity index (χ3n) is 2.77. The van der Waals surface area contributed by atoms with Crippen molar-refractivity contribution in [1.29, 1.82) is 0 Å². The Morgan fingerprint density at radius 2 is 2.22 bits per heavy atom. The first-order valence-corrected chi connectivity index (χ1v) is 6.98. The Balaban J connectivity index is 2.13. The monoisotopic (exact) mass is 261 g/mol. The highest BCUT2D eigenvalue weighted by Crippen LogP contribution is 2.28. The number of nitrogens with zero attached hydrogens (tertiary/aromatic N) is 2. The van der Waals surface area contributed by atoms with Crippen LogP contribution in [0.25, 0.3) is 0 Å². The molecule has 0 radical (unpaired) electrons. The maximum Gasteiger partial charge on any atom is 0.189 e. The van der Waals surface area contributed by atoms with Crippen molar-refractivity contribution in [2.24, 2.45) is 0 Å². The van der Waals surface area contributed by atoms with E-state index in [1.807, 2.05) is 6.20 Å². The number of nitrogens with one attached hydrogen (secondary N) is 1. The van der Waals surface area contributed by atoms with Gasteiger partial charge in [-0.1, -0.05) is 19.1 Å². The number of rotatable bonds is 5. The van der Waals surface area contributed by atoms with E-state index in [0.29, 0.717) is 0 Å². The molecular weight excluding hydrogens is 242 g/mol. The van der Waals surface area contributed by atoms with E-state index < -0.39 is 0 Å².